The summed E-state index contributed by atoms with van der Waals surface area (Å²) in [6.07, 6.45) is 11.1. The minimum Gasteiger partial charge on any atom is -0.348 e. The largest absolute Gasteiger partial charge is 0.348 e. The molecule has 3 aliphatic rings. The van der Waals surface area contributed by atoms with E-state index in [2.05, 4.69) is 0 Å². The van der Waals surface area contributed by atoms with Gasteiger partial charge in [0.05, 0.1) is 13.2 Å². The van der Waals surface area contributed by atoms with Crippen molar-refractivity contribution >= 4 is 5.91 Å². The molecule has 1 saturated heterocycles. The van der Waals surface area contributed by atoms with Crippen LogP contribution in [0.2, 0.25) is 0 Å². The standard InChI is InChI=1S/C17H29NO3/c1-18(16(19)7-6-14-4-2-3-5-14)15-8-10-17(11-9-15)20-12-13-21-17/h14-15H,2-13H2,1H3. The summed E-state index contributed by atoms with van der Waals surface area (Å²) in [6.45, 7) is 1.45. The van der Waals surface area contributed by atoms with Gasteiger partial charge in [0, 0.05) is 32.4 Å². The van der Waals surface area contributed by atoms with Crippen molar-refractivity contribution in [3.63, 3.8) is 0 Å². The average molecular weight is 295 g/mol. The van der Waals surface area contributed by atoms with E-state index in [0.29, 0.717) is 11.9 Å². The van der Waals surface area contributed by atoms with E-state index < -0.39 is 0 Å². The van der Waals surface area contributed by atoms with Crippen molar-refractivity contribution in [3.8, 4) is 0 Å². The lowest BCUT2D eigenvalue weighted by Gasteiger charge is -2.39. The minimum absolute atomic E-state index is 0.315. The quantitative estimate of drug-likeness (QED) is 0.800. The fourth-order valence-corrected chi connectivity index (χ4v) is 4.22. The molecule has 4 heteroatoms. The molecule has 1 aliphatic heterocycles. The summed E-state index contributed by atoms with van der Waals surface area (Å²) in [4.78, 5) is 14.4. The summed E-state index contributed by atoms with van der Waals surface area (Å²) in [5.74, 6) is 0.818. The van der Waals surface area contributed by atoms with E-state index in [1.54, 1.807) is 0 Å². The molecule has 120 valence electrons. The molecule has 3 fully saturated rings. The maximum atomic E-state index is 12.4. The molecule has 0 N–H and O–H groups in total. The lowest BCUT2D eigenvalue weighted by molar-refractivity contribution is -0.184. The van der Waals surface area contributed by atoms with Gasteiger partial charge in [-0.15, -0.1) is 0 Å². The van der Waals surface area contributed by atoms with Crippen LogP contribution in [-0.4, -0.2) is 42.9 Å². The highest BCUT2D eigenvalue weighted by molar-refractivity contribution is 5.76. The molecular formula is C17H29NO3. The van der Waals surface area contributed by atoms with Gasteiger partial charge in [-0.1, -0.05) is 25.7 Å². The van der Waals surface area contributed by atoms with Gasteiger partial charge in [0.15, 0.2) is 5.79 Å². The predicted octanol–water partition coefficient (Wildman–Crippen LogP) is 3.10. The minimum atomic E-state index is -0.315. The Morgan fingerprint density at radius 2 is 1.71 bits per heavy atom. The number of amides is 1. The van der Waals surface area contributed by atoms with Gasteiger partial charge < -0.3 is 14.4 Å². The van der Waals surface area contributed by atoms with E-state index in [9.17, 15) is 4.79 Å². The maximum Gasteiger partial charge on any atom is 0.222 e. The molecule has 0 unspecified atom stereocenters. The molecule has 1 heterocycles. The van der Waals surface area contributed by atoms with Crippen LogP contribution in [0.3, 0.4) is 0 Å². The van der Waals surface area contributed by atoms with E-state index >= 15 is 0 Å². The van der Waals surface area contributed by atoms with Gasteiger partial charge in [-0.25, -0.2) is 0 Å². The van der Waals surface area contributed by atoms with Crippen LogP contribution in [0.4, 0.5) is 0 Å². The van der Waals surface area contributed by atoms with Gasteiger partial charge in [-0.2, -0.15) is 0 Å². The van der Waals surface area contributed by atoms with Crippen LogP contribution < -0.4 is 0 Å². The molecule has 1 amide bonds. The highest BCUT2D eigenvalue weighted by Gasteiger charge is 2.41. The Morgan fingerprint density at radius 3 is 2.33 bits per heavy atom. The Labute approximate surface area is 128 Å². The van der Waals surface area contributed by atoms with Crippen LogP contribution in [0.1, 0.15) is 64.2 Å². The summed E-state index contributed by atoms with van der Waals surface area (Å²) in [5.41, 5.74) is 0. The van der Waals surface area contributed by atoms with Gasteiger partial charge in [0.1, 0.15) is 0 Å². The molecule has 3 rings (SSSR count). The van der Waals surface area contributed by atoms with E-state index in [1.807, 2.05) is 11.9 Å². The Hall–Kier alpha value is -0.610. The number of carbonyl (C=O) groups excluding carboxylic acids is 1. The first-order valence-electron chi connectivity index (χ1n) is 8.72. The molecule has 0 aromatic rings. The van der Waals surface area contributed by atoms with Crippen molar-refractivity contribution in [2.24, 2.45) is 5.92 Å². The highest BCUT2D eigenvalue weighted by atomic mass is 16.7. The molecule has 21 heavy (non-hydrogen) atoms. The third kappa shape index (κ3) is 3.59. The van der Waals surface area contributed by atoms with Gasteiger partial charge in [0.2, 0.25) is 5.91 Å². The lowest BCUT2D eigenvalue weighted by atomic mass is 9.89. The second-order valence-electron chi connectivity index (χ2n) is 7.03. The van der Waals surface area contributed by atoms with Gasteiger partial charge >= 0.3 is 0 Å². The fourth-order valence-electron chi connectivity index (χ4n) is 4.22. The monoisotopic (exact) mass is 295 g/mol. The Morgan fingerprint density at radius 1 is 1.10 bits per heavy atom. The zero-order valence-corrected chi connectivity index (χ0v) is 13.3. The molecule has 2 saturated carbocycles. The zero-order chi connectivity index (χ0) is 14.7. The molecular weight excluding hydrogens is 266 g/mol. The highest BCUT2D eigenvalue weighted by Crippen LogP contribution is 2.37. The average Bonchev–Trinajstić information content (AvgIpc) is 3.17. The van der Waals surface area contributed by atoms with Gasteiger partial charge in [-0.05, 0) is 25.2 Å². The number of hydrogen-bond donors (Lipinski definition) is 0. The number of hydrogen-bond acceptors (Lipinski definition) is 3. The molecule has 0 aromatic carbocycles. The number of carbonyl (C=O) groups is 1. The van der Waals surface area contributed by atoms with Gasteiger partial charge in [0.25, 0.3) is 0 Å². The van der Waals surface area contributed by atoms with Gasteiger partial charge in [-0.3, -0.25) is 4.79 Å². The zero-order valence-electron chi connectivity index (χ0n) is 13.3. The summed E-state index contributed by atoms with van der Waals surface area (Å²) in [6, 6.07) is 0.375. The summed E-state index contributed by atoms with van der Waals surface area (Å²) >= 11 is 0. The van der Waals surface area contributed by atoms with Crippen LogP contribution in [-0.2, 0) is 14.3 Å². The summed E-state index contributed by atoms with van der Waals surface area (Å²) < 4.78 is 11.5. The Bertz CT molecular complexity index is 349. The van der Waals surface area contributed by atoms with Crippen LogP contribution >= 0.6 is 0 Å². The predicted molar refractivity (Wildman–Crippen MR) is 80.9 cm³/mol. The Balaban J connectivity index is 1.42. The number of nitrogens with zero attached hydrogens (tertiary/aromatic N) is 1. The molecule has 0 bridgehead atoms. The first kappa shape index (κ1) is 15.3. The van der Waals surface area contributed by atoms with Crippen molar-refractivity contribution in [1.29, 1.82) is 0 Å². The van der Waals surface area contributed by atoms with Crippen LogP contribution in [0, 0.1) is 5.92 Å². The van der Waals surface area contributed by atoms with E-state index in [0.717, 1.165) is 57.7 Å². The van der Waals surface area contributed by atoms with Crippen molar-refractivity contribution in [2.75, 3.05) is 20.3 Å². The smallest absolute Gasteiger partial charge is 0.222 e. The SMILES string of the molecule is CN(C(=O)CCC1CCCC1)C1CCC2(CC1)OCCO2. The second-order valence-corrected chi connectivity index (χ2v) is 7.03. The number of rotatable bonds is 4. The van der Waals surface area contributed by atoms with Crippen LogP contribution in [0.15, 0.2) is 0 Å². The first-order chi connectivity index (χ1) is 10.2. The molecule has 1 spiro atoms. The third-order valence-corrected chi connectivity index (χ3v) is 5.71. The first-order valence-corrected chi connectivity index (χ1v) is 8.72. The Kier molecular flexibility index (Phi) is 4.85. The number of ether oxygens (including phenoxy) is 2. The molecule has 4 nitrogen and oxygen atoms in total. The molecule has 0 radical (unpaired) electrons. The third-order valence-electron chi connectivity index (χ3n) is 5.71. The normalized spacial score (nSPS) is 26.5. The molecule has 0 aromatic heterocycles. The van der Waals surface area contributed by atoms with Crippen molar-refractivity contribution in [3.05, 3.63) is 0 Å². The molecule has 2 aliphatic carbocycles. The second kappa shape index (κ2) is 6.66. The van der Waals surface area contributed by atoms with Crippen LogP contribution in [0.25, 0.3) is 0 Å². The fraction of sp³-hybridized carbons (Fsp3) is 0.941. The van der Waals surface area contributed by atoms with E-state index in [-0.39, 0.29) is 5.79 Å². The van der Waals surface area contributed by atoms with Crippen LogP contribution in [0.5, 0.6) is 0 Å². The van der Waals surface area contributed by atoms with Crippen molar-refractivity contribution in [2.45, 2.75) is 76.0 Å². The van der Waals surface area contributed by atoms with Crippen molar-refractivity contribution in [1.82, 2.24) is 4.90 Å². The van der Waals surface area contributed by atoms with E-state index in [1.165, 1.54) is 25.7 Å². The summed E-state index contributed by atoms with van der Waals surface area (Å²) in [7, 11) is 1.98. The summed E-state index contributed by atoms with van der Waals surface area (Å²) in [5, 5.41) is 0. The lowest BCUT2D eigenvalue weighted by Crippen LogP contribution is -2.44. The van der Waals surface area contributed by atoms with Crippen molar-refractivity contribution < 1.29 is 14.3 Å². The maximum absolute atomic E-state index is 12.4. The molecule has 0 atom stereocenters. The van der Waals surface area contributed by atoms with E-state index in [4.69, 9.17) is 9.47 Å². The topological polar surface area (TPSA) is 38.8 Å².